The van der Waals surface area contributed by atoms with Crippen molar-refractivity contribution in [1.29, 1.82) is 0 Å². The normalized spacial score (nSPS) is 14.3. The molecule has 1 N–H and O–H groups in total. The Labute approximate surface area is 221 Å². The maximum Gasteiger partial charge on any atom is 1.00 e. The van der Waals surface area contributed by atoms with Crippen molar-refractivity contribution in [3.8, 4) is 17.2 Å². The molecule has 4 rings (SSSR count). The van der Waals surface area contributed by atoms with Gasteiger partial charge in [-0.2, -0.15) is 5.06 Å². The summed E-state index contributed by atoms with van der Waals surface area (Å²) in [4.78, 5) is 23.9. The zero-order chi connectivity index (χ0) is 22.8. The van der Waals surface area contributed by atoms with E-state index < -0.39 is 17.8 Å². The Morgan fingerprint density at radius 2 is 1.73 bits per heavy atom. The number of hydrogen-bond donors (Lipinski definition) is 1. The first-order valence-corrected chi connectivity index (χ1v) is 10.3. The molecule has 3 aromatic rings. The third-order valence-electron chi connectivity index (χ3n) is 4.98. The van der Waals surface area contributed by atoms with Gasteiger partial charge < -0.3 is 19.4 Å². The van der Waals surface area contributed by atoms with E-state index in [-0.39, 0.29) is 58.2 Å². The Morgan fingerprint density at radius 1 is 1.06 bits per heavy atom. The first-order chi connectivity index (χ1) is 15.3. The number of anilines is 1. The molecule has 0 spiro atoms. The number of ether oxygens (including phenoxy) is 2. The molecule has 1 heterocycles. The zero-order valence-corrected chi connectivity index (χ0v) is 21.0. The van der Waals surface area contributed by atoms with Gasteiger partial charge in [-0.15, -0.1) is 0 Å². The van der Waals surface area contributed by atoms with Crippen LogP contribution in [-0.2, 0) is 4.79 Å². The van der Waals surface area contributed by atoms with Crippen LogP contribution < -0.4 is 49.2 Å². The van der Waals surface area contributed by atoms with Crippen molar-refractivity contribution >= 4 is 40.8 Å². The molecule has 1 unspecified atom stereocenters. The molecule has 0 aromatic heterocycles. The molecule has 0 radical (unpaired) electrons. The van der Waals surface area contributed by atoms with E-state index in [1.807, 2.05) is 0 Å². The van der Waals surface area contributed by atoms with Crippen LogP contribution in [0.15, 0.2) is 60.7 Å². The van der Waals surface area contributed by atoms with E-state index in [1.54, 1.807) is 24.3 Å². The number of hydroxylamine groups is 1. The van der Waals surface area contributed by atoms with Crippen LogP contribution in [0.5, 0.6) is 17.2 Å². The molecule has 3 aromatic carbocycles. The maximum atomic E-state index is 12.5. The Hall–Kier alpha value is -2.26. The molecule has 7 nitrogen and oxygen atoms in total. The van der Waals surface area contributed by atoms with E-state index in [0.717, 1.165) is 0 Å². The molecule has 1 aliphatic heterocycles. The van der Waals surface area contributed by atoms with E-state index in [4.69, 9.17) is 32.7 Å². The van der Waals surface area contributed by atoms with Gasteiger partial charge in [0.1, 0.15) is 17.2 Å². The number of rotatable bonds is 5. The molecule has 0 bridgehead atoms. The van der Waals surface area contributed by atoms with Crippen LogP contribution in [-0.4, -0.2) is 23.7 Å². The van der Waals surface area contributed by atoms with Crippen LogP contribution in [0.1, 0.15) is 28.3 Å². The number of carbonyl (C=O) groups excluding carboxylic acids is 2. The van der Waals surface area contributed by atoms with Gasteiger partial charge in [0.05, 0.1) is 17.3 Å². The van der Waals surface area contributed by atoms with Gasteiger partial charge in [0.2, 0.25) is 0 Å². The van der Waals surface area contributed by atoms with Crippen LogP contribution >= 0.6 is 23.2 Å². The molecule has 164 valence electrons. The number of hydrogen-bond acceptors (Lipinski definition) is 6. The summed E-state index contributed by atoms with van der Waals surface area (Å²) in [5.41, 5.74) is 0.946. The third kappa shape index (κ3) is 5.63. The van der Waals surface area contributed by atoms with Gasteiger partial charge in [-0.3, -0.25) is 10.0 Å². The number of nitrogens with zero attached hydrogens (tertiary/aromatic N) is 1. The minimum Gasteiger partial charge on any atom is -0.549 e. The van der Waals surface area contributed by atoms with Gasteiger partial charge in [0.15, 0.2) is 0 Å². The zero-order valence-electron chi connectivity index (χ0n) is 17.5. The van der Waals surface area contributed by atoms with E-state index in [2.05, 4.69) is 0 Å². The average molecular weight is 496 g/mol. The SMILES string of the molecule is O=C([O-])C1CCOc2cc(Oc3ccc(C(=O)N(O)c4ccc(Cl)cc4)cc3)c(Cl)cc21.[Na+]. The Bertz CT molecular complexity index is 1170. The Balaban J connectivity index is 0.00000306. The molecule has 0 fully saturated rings. The molecule has 0 saturated heterocycles. The molecule has 1 aliphatic rings. The molecule has 0 saturated carbocycles. The van der Waals surface area contributed by atoms with Crippen molar-refractivity contribution in [3.63, 3.8) is 0 Å². The number of carboxylic acids is 1. The summed E-state index contributed by atoms with van der Waals surface area (Å²) >= 11 is 12.1. The summed E-state index contributed by atoms with van der Waals surface area (Å²) in [6.45, 7) is 0.245. The largest absolute Gasteiger partial charge is 1.00 e. The topological polar surface area (TPSA) is 99.1 Å². The minimum atomic E-state index is -1.18. The monoisotopic (exact) mass is 495 g/mol. The summed E-state index contributed by atoms with van der Waals surface area (Å²) in [7, 11) is 0. The van der Waals surface area contributed by atoms with Crippen molar-refractivity contribution in [2.45, 2.75) is 12.3 Å². The Morgan fingerprint density at radius 3 is 2.36 bits per heavy atom. The van der Waals surface area contributed by atoms with Crippen LogP contribution in [0, 0.1) is 0 Å². The van der Waals surface area contributed by atoms with Gasteiger partial charge in [0, 0.05) is 34.1 Å². The summed E-state index contributed by atoms with van der Waals surface area (Å²) < 4.78 is 11.3. The van der Waals surface area contributed by atoms with E-state index in [0.29, 0.717) is 33.6 Å². The molecule has 33 heavy (non-hydrogen) atoms. The van der Waals surface area contributed by atoms with Gasteiger partial charge in [-0.1, -0.05) is 23.2 Å². The average Bonchev–Trinajstić information content (AvgIpc) is 2.79. The second-order valence-electron chi connectivity index (χ2n) is 7.05. The summed E-state index contributed by atoms with van der Waals surface area (Å²) in [5, 5.41) is 22.8. The Kier molecular flexibility index (Phi) is 8.28. The van der Waals surface area contributed by atoms with Crippen molar-refractivity contribution in [3.05, 3.63) is 81.8 Å². The first kappa shape index (κ1) is 25.4. The van der Waals surface area contributed by atoms with Crippen molar-refractivity contribution in [2.75, 3.05) is 11.7 Å². The molecular weight excluding hydrogens is 480 g/mol. The molecule has 1 atom stereocenters. The van der Waals surface area contributed by atoms with Crippen molar-refractivity contribution in [2.24, 2.45) is 0 Å². The number of carboxylic acid groups (broad SMARTS) is 1. The second-order valence-corrected chi connectivity index (χ2v) is 7.89. The number of aliphatic carboxylic acids is 1. The van der Waals surface area contributed by atoms with Gasteiger partial charge in [-0.05, 0) is 61.0 Å². The molecule has 0 aliphatic carbocycles. The summed E-state index contributed by atoms with van der Waals surface area (Å²) in [6, 6.07) is 15.3. The smallest absolute Gasteiger partial charge is 0.549 e. The van der Waals surface area contributed by atoms with Gasteiger partial charge in [-0.25, -0.2) is 0 Å². The molecule has 1 amide bonds. The molecule has 10 heteroatoms. The number of halogens is 2. The molecular formula is C23H16Cl2NNaO6. The van der Waals surface area contributed by atoms with Crippen LogP contribution in [0.3, 0.4) is 0 Å². The number of carbonyl (C=O) groups is 2. The van der Waals surface area contributed by atoms with Crippen molar-refractivity contribution < 1.29 is 58.9 Å². The number of fused-ring (bicyclic) bond motifs is 1. The van der Waals surface area contributed by atoms with Gasteiger partial charge in [0.25, 0.3) is 5.91 Å². The third-order valence-corrected chi connectivity index (χ3v) is 5.53. The van der Waals surface area contributed by atoms with Crippen LogP contribution in [0.25, 0.3) is 0 Å². The minimum absolute atomic E-state index is 0. The fourth-order valence-corrected chi connectivity index (χ4v) is 3.66. The predicted octanol–water partition coefficient (Wildman–Crippen LogP) is 1.44. The van der Waals surface area contributed by atoms with Gasteiger partial charge >= 0.3 is 29.6 Å². The van der Waals surface area contributed by atoms with E-state index in [1.165, 1.54) is 36.4 Å². The fourth-order valence-electron chi connectivity index (χ4n) is 3.33. The van der Waals surface area contributed by atoms with E-state index in [9.17, 15) is 19.9 Å². The number of amides is 1. The van der Waals surface area contributed by atoms with Crippen molar-refractivity contribution in [1.82, 2.24) is 0 Å². The van der Waals surface area contributed by atoms with Crippen LogP contribution in [0.4, 0.5) is 5.69 Å². The number of benzene rings is 3. The van der Waals surface area contributed by atoms with E-state index >= 15 is 0 Å². The first-order valence-electron chi connectivity index (χ1n) is 9.57. The predicted molar refractivity (Wildman–Crippen MR) is 116 cm³/mol. The maximum absolute atomic E-state index is 12.5. The van der Waals surface area contributed by atoms with Crippen LogP contribution in [0.2, 0.25) is 10.0 Å². The fraction of sp³-hybridized carbons (Fsp3) is 0.130. The second kappa shape index (κ2) is 10.8. The quantitative estimate of drug-likeness (QED) is 0.326. The standard InChI is InChI=1S/C23H17Cl2NO6.Na/c24-14-3-5-15(6-4-14)26(30)22(27)13-1-7-16(8-2-13)32-21-12-20-18(11-19(21)25)17(23(28)29)9-10-31-20;/h1-8,11-12,17,30H,9-10H2,(H,28,29);/q;+1/p-1. The summed E-state index contributed by atoms with van der Waals surface area (Å²) in [5.74, 6) is -1.59. The summed E-state index contributed by atoms with van der Waals surface area (Å²) in [6.07, 6.45) is 0.305.